The fraction of sp³-hybridized carbons (Fsp3) is 1.00. The fourth-order valence-electron chi connectivity index (χ4n) is 3.41. The molecule has 0 aromatic carbocycles. The van der Waals surface area contributed by atoms with Gasteiger partial charge in [0, 0.05) is 37.9 Å². The van der Waals surface area contributed by atoms with Crippen molar-refractivity contribution in [3.63, 3.8) is 0 Å². The minimum absolute atomic E-state index is 0.452. The van der Waals surface area contributed by atoms with Crippen LogP contribution in [0.2, 0.25) is 0 Å². The number of nitrogens with two attached hydrogens (primary N) is 1. The molecule has 15 heavy (non-hydrogen) atoms. The highest BCUT2D eigenvalue weighted by Gasteiger charge is 2.41. The molecular weight excluding hydrogens is 188 g/mol. The molecule has 2 bridgehead atoms. The third-order valence-electron chi connectivity index (χ3n) is 4.07. The monoisotopic (exact) mass is 212 g/mol. The molecule has 2 fully saturated rings. The SMILES string of the molecule is COCCC(C)N1C2CCC1CC(N)C2. The zero-order chi connectivity index (χ0) is 10.8. The molecular formula is C12H24N2O. The molecule has 3 heteroatoms. The van der Waals surface area contributed by atoms with Crippen molar-refractivity contribution in [2.75, 3.05) is 13.7 Å². The van der Waals surface area contributed by atoms with Crippen LogP contribution in [-0.4, -0.2) is 42.8 Å². The smallest absolute Gasteiger partial charge is 0.0477 e. The van der Waals surface area contributed by atoms with E-state index in [2.05, 4.69) is 11.8 Å². The number of nitrogens with zero attached hydrogens (tertiary/aromatic N) is 1. The molecule has 0 spiro atoms. The lowest BCUT2D eigenvalue weighted by Crippen LogP contribution is -2.51. The molecule has 3 unspecified atom stereocenters. The predicted octanol–water partition coefficient (Wildman–Crippen LogP) is 1.37. The van der Waals surface area contributed by atoms with Gasteiger partial charge >= 0.3 is 0 Å². The van der Waals surface area contributed by atoms with E-state index >= 15 is 0 Å². The van der Waals surface area contributed by atoms with Crippen molar-refractivity contribution in [2.45, 2.75) is 63.2 Å². The largest absolute Gasteiger partial charge is 0.385 e. The zero-order valence-corrected chi connectivity index (χ0v) is 9.98. The quantitative estimate of drug-likeness (QED) is 0.765. The van der Waals surface area contributed by atoms with Crippen LogP contribution in [0.5, 0.6) is 0 Å². The molecule has 0 aromatic heterocycles. The summed E-state index contributed by atoms with van der Waals surface area (Å²) in [5.74, 6) is 0. The highest BCUT2D eigenvalue weighted by atomic mass is 16.5. The van der Waals surface area contributed by atoms with Crippen LogP contribution in [0.4, 0.5) is 0 Å². The Morgan fingerprint density at radius 3 is 2.47 bits per heavy atom. The van der Waals surface area contributed by atoms with Crippen LogP contribution in [0, 0.1) is 0 Å². The first kappa shape index (κ1) is 11.4. The number of ether oxygens (including phenoxy) is 1. The molecule has 2 saturated heterocycles. The predicted molar refractivity (Wildman–Crippen MR) is 61.8 cm³/mol. The summed E-state index contributed by atoms with van der Waals surface area (Å²) in [5, 5.41) is 0. The van der Waals surface area contributed by atoms with E-state index in [-0.39, 0.29) is 0 Å². The summed E-state index contributed by atoms with van der Waals surface area (Å²) in [5.41, 5.74) is 6.07. The minimum atomic E-state index is 0.452. The molecule has 2 heterocycles. The number of methoxy groups -OCH3 is 1. The van der Waals surface area contributed by atoms with Gasteiger partial charge in [0.1, 0.15) is 0 Å². The van der Waals surface area contributed by atoms with Gasteiger partial charge in [0.2, 0.25) is 0 Å². The summed E-state index contributed by atoms with van der Waals surface area (Å²) >= 11 is 0. The van der Waals surface area contributed by atoms with Gasteiger partial charge in [-0.25, -0.2) is 0 Å². The Labute approximate surface area is 93.0 Å². The number of rotatable bonds is 4. The van der Waals surface area contributed by atoms with Crippen LogP contribution in [-0.2, 0) is 4.74 Å². The summed E-state index contributed by atoms with van der Waals surface area (Å²) in [7, 11) is 1.79. The van der Waals surface area contributed by atoms with Gasteiger partial charge in [-0.1, -0.05) is 0 Å². The van der Waals surface area contributed by atoms with Crippen molar-refractivity contribution in [3.8, 4) is 0 Å². The molecule has 0 saturated carbocycles. The van der Waals surface area contributed by atoms with Crippen molar-refractivity contribution in [2.24, 2.45) is 5.73 Å². The van der Waals surface area contributed by atoms with Crippen molar-refractivity contribution in [3.05, 3.63) is 0 Å². The molecule has 3 nitrogen and oxygen atoms in total. The van der Waals surface area contributed by atoms with E-state index < -0.39 is 0 Å². The lowest BCUT2D eigenvalue weighted by atomic mass is 9.96. The summed E-state index contributed by atoms with van der Waals surface area (Å²) in [6.07, 6.45) is 6.27. The summed E-state index contributed by atoms with van der Waals surface area (Å²) in [6, 6.07) is 2.62. The molecule has 0 amide bonds. The first-order valence-electron chi connectivity index (χ1n) is 6.24. The van der Waals surface area contributed by atoms with Crippen LogP contribution in [0.15, 0.2) is 0 Å². The highest BCUT2D eigenvalue weighted by molar-refractivity contribution is 4.98. The fourth-order valence-corrected chi connectivity index (χ4v) is 3.41. The van der Waals surface area contributed by atoms with Crippen LogP contribution in [0.1, 0.15) is 39.0 Å². The van der Waals surface area contributed by atoms with Crippen molar-refractivity contribution in [1.82, 2.24) is 4.90 Å². The van der Waals surface area contributed by atoms with Gasteiger partial charge in [-0.2, -0.15) is 0 Å². The maximum atomic E-state index is 6.07. The maximum Gasteiger partial charge on any atom is 0.0477 e. The first-order chi connectivity index (χ1) is 7.22. The van der Waals surface area contributed by atoms with E-state index in [1.165, 1.54) is 25.7 Å². The van der Waals surface area contributed by atoms with E-state index in [4.69, 9.17) is 10.5 Å². The Morgan fingerprint density at radius 2 is 1.93 bits per heavy atom. The number of hydrogen-bond donors (Lipinski definition) is 1. The van der Waals surface area contributed by atoms with Crippen LogP contribution in [0.3, 0.4) is 0 Å². The second-order valence-corrected chi connectivity index (χ2v) is 5.19. The van der Waals surface area contributed by atoms with Gasteiger partial charge in [0.05, 0.1) is 0 Å². The topological polar surface area (TPSA) is 38.5 Å². The van der Waals surface area contributed by atoms with E-state index in [0.29, 0.717) is 12.1 Å². The Kier molecular flexibility index (Phi) is 3.65. The van der Waals surface area contributed by atoms with Gasteiger partial charge in [-0.3, -0.25) is 4.90 Å². The standard InChI is InChI=1S/C12H24N2O/c1-9(5-6-15-2)14-11-3-4-12(14)8-10(13)7-11/h9-12H,3-8,13H2,1-2H3. The molecule has 0 radical (unpaired) electrons. The van der Waals surface area contributed by atoms with E-state index in [1.54, 1.807) is 7.11 Å². The zero-order valence-electron chi connectivity index (χ0n) is 9.98. The lowest BCUT2D eigenvalue weighted by Gasteiger charge is -2.41. The summed E-state index contributed by atoms with van der Waals surface area (Å²) in [4.78, 5) is 2.71. The Bertz CT molecular complexity index is 196. The Balaban J connectivity index is 1.92. The number of fused-ring (bicyclic) bond motifs is 2. The number of piperidine rings is 1. The van der Waals surface area contributed by atoms with E-state index in [1.807, 2.05) is 0 Å². The van der Waals surface area contributed by atoms with Gasteiger partial charge in [-0.15, -0.1) is 0 Å². The van der Waals surface area contributed by atoms with Crippen LogP contribution in [0.25, 0.3) is 0 Å². The lowest BCUT2D eigenvalue weighted by molar-refractivity contribution is 0.0647. The van der Waals surface area contributed by atoms with Crippen LogP contribution >= 0.6 is 0 Å². The number of hydrogen-bond acceptors (Lipinski definition) is 3. The van der Waals surface area contributed by atoms with Gasteiger partial charge in [0.25, 0.3) is 0 Å². The van der Waals surface area contributed by atoms with Crippen molar-refractivity contribution >= 4 is 0 Å². The molecule has 2 aliphatic rings. The normalized spacial score (nSPS) is 38.2. The summed E-state index contributed by atoms with van der Waals surface area (Å²) < 4.78 is 5.16. The summed E-state index contributed by atoms with van der Waals surface area (Å²) in [6.45, 7) is 3.21. The molecule has 2 N–H and O–H groups in total. The Morgan fingerprint density at radius 1 is 1.33 bits per heavy atom. The van der Waals surface area contributed by atoms with Crippen LogP contribution < -0.4 is 5.73 Å². The van der Waals surface area contributed by atoms with Crippen molar-refractivity contribution in [1.29, 1.82) is 0 Å². The molecule has 2 rings (SSSR count). The minimum Gasteiger partial charge on any atom is -0.385 e. The third kappa shape index (κ3) is 2.35. The highest BCUT2D eigenvalue weighted by Crippen LogP contribution is 2.37. The van der Waals surface area contributed by atoms with Gasteiger partial charge in [-0.05, 0) is 39.0 Å². The third-order valence-corrected chi connectivity index (χ3v) is 4.07. The average Bonchev–Trinajstić information content (AvgIpc) is 2.48. The first-order valence-corrected chi connectivity index (χ1v) is 6.24. The maximum absolute atomic E-state index is 6.07. The average molecular weight is 212 g/mol. The van der Waals surface area contributed by atoms with Gasteiger partial charge < -0.3 is 10.5 Å². The van der Waals surface area contributed by atoms with E-state index in [0.717, 1.165) is 25.1 Å². The molecule has 2 aliphatic heterocycles. The molecule has 88 valence electrons. The van der Waals surface area contributed by atoms with Crippen molar-refractivity contribution < 1.29 is 4.74 Å². The Hall–Kier alpha value is -0.120. The second kappa shape index (κ2) is 4.81. The van der Waals surface area contributed by atoms with Gasteiger partial charge in [0.15, 0.2) is 0 Å². The molecule has 3 atom stereocenters. The molecule has 0 aliphatic carbocycles. The van der Waals surface area contributed by atoms with E-state index in [9.17, 15) is 0 Å². The second-order valence-electron chi connectivity index (χ2n) is 5.19. The molecule has 0 aromatic rings.